The maximum atomic E-state index is 12.7. The monoisotopic (exact) mass is 488 g/mol. The molecule has 2 aliphatic heterocycles. The minimum atomic E-state index is -0.148. The molecule has 3 heterocycles. The molecular formula is C28H29ClN4O2. The highest BCUT2D eigenvalue weighted by atomic mass is 35.5. The Kier molecular flexibility index (Phi) is 5.44. The summed E-state index contributed by atoms with van der Waals surface area (Å²) in [5, 5.41) is 2.97. The van der Waals surface area contributed by atoms with Crippen LogP contribution in [0.15, 0.2) is 48.6 Å². The van der Waals surface area contributed by atoms with Crippen molar-refractivity contribution in [2.24, 2.45) is 11.3 Å². The Hall–Kier alpha value is -3.12. The number of halogens is 1. The van der Waals surface area contributed by atoms with Gasteiger partial charge in [-0.3, -0.25) is 4.79 Å². The van der Waals surface area contributed by atoms with Crippen LogP contribution in [0.3, 0.4) is 0 Å². The van der Waals surface area contributed by atoms with E-state index in [9.17, 15) is 4.79 Å². The lowest BCUT2D eigenvalue weighted by Crippen LogP contribution is -2.40. The van der Waals surface area contributed by atoms with Gasteiger partial charge in [0.1, 0.15) is 5.82 Å². The SMILES string of the molecule is C/C=C/C(=O)C12CCN(c3nc(OC)nc4c3CCN(c3cccc5cccc(Cl)c35)C4)CC1C2. The maximum absolute atomic E-state index is 12.7. The average molecular weight is 489 g/mol. The van der Waals surface area contributed by atoms with E-state index < -0.39 is 0 Å². The lowest BCUT2D eigenvalue weighted by molar-refractivity contribution is -0.120. The summed E-state index contributed by atoms with van der Waals surface area (Å²) in [6.07, 6.45) is 6.31. The van der Waals surface area contributed by atoms with Crippen LogP contribution in [0, 0.1) is 11.3 Å². The molecule has 0 amide bonds. The number of benzene rings is 2. The number of ether oxygens (including phenoxy) is 1. The standard InChI is InChI=1S/C28H29ClN4O2/c1-3-6-24(34)28-12-14-33(16-19(28)15-28)26-20-11-13-32(17-22(20)30-27(31-26)35-2)23-10-5-8-18-7-4-9-21(29)25(18)23/h3-10,19H,11-17H2,1-2H3/b6-3+. The van der Waals surface area contributed by atoms with Crippen LogP contribution in [0.25, 0.3) is 10.8 Å². The van der Waals surface area contributed by atoms with Crippen LogP contribution < -0.4 is 14.5 Å². The molecule has 6 rings (SSSR count). The van der Waals surface area contributed by atoms with Crippen LogP contribution >= 0.6 is 11.6 Å². The number of carbonyl (C=O) groups is 1. The number of piperidine rings is 1. The van der Waals surface area contributed by atoms with Crippen molar-refractivity contribution in [3.63, 3.8) is 0 Å². The third-order valence-corrected chi connectivity index (χ3v) is 8.30. The molecule has 7 heteroatoms. The Labute approximate surface area is 210 Å². The maximum Gasteiger partial charge on any atom is 0.318 e. The van der Waals surface area contributed by atoms with Crippen molar-refractivity contribution in [3.8, 4) is 6.01 Å². The van der Waals surface area contributed by atoms with Gasteiger partial charge in [-0.15, -0.1) is 0 Å². The quantitative estimate of drug-likeness (QED) is 0.459. The van der Waals surface area contributed by atoms with Gasteiger partial charge in [0, 0.05) is 41.7 Å². The number of rotatable bonds is 5. The van der Waals surface area contributed by atoms with Gasteiger partial charge in [0.2, 0.25) is 0 Å². The third kappa shape index (κ3) is 3.66. The van der Waals surface area contributed by atoms with Gasteiger partial charge in [-0.05, 0) is 55.7 Å². The van der Waals surface area contributed by atoms with Gasteiger partial charge in [-0.25, -0.2) is 0 Å². The molecule has 1 aromatic heterocycles. The molecule has 180 valence electrons. The Bertz CT molecular complexity index is 1350. The van der Waals surface area contributed by atoms with Gasteiger partial charge in [-0.2, -0.15) is 9.97 Å². The molecule has 6 nitrogen and oxygen atoms in total. The molecule has 0 spiro atoms. The summed E-state index contributed by atoms with van der Waals surface area (Å²) >= 11 is 6.62. The second-order valence-electron chi connectivity index (χ2n) is 9.86. The highest BCUT2D eigenvalue weighted by molar-refractivity contribution is 6.36. The molecule has 0 bridgehead atoms. The van der Waals surface area contributed by atoms with Gasteiger partial charge in [0.15, 0.2) is 5.78 Å². The van der Waals surface area contributed by atoms with Crippen molar-refractivity contribution in [1.29, 1.82) is 0 Å². The Morgan fingerprint density at radius 2 is 2.00 bits per heavy atom. The zero-order valence-corrected chi connectivity index (χ0v) is 20.9. The summed E-state index contributed by atoms with van der Waals surface area (Å²) in [6.45, 7) is 5.14. The van der Waals surface area contributed by atoms with Gasteiger partial charge < -0.3 is 14.5 Å². The topological polar surface area (TPSA) is 58.6 Å². The minimum Gasteiger partial charge on any atom is -0.467 e. The summed E-state index contributed by atoms with van der Waals surface area (Å²) in [6, 6.07) is 12.8. The molecule has 2 aromatic carbocycles. The Balaban J connectivity index is 1.31. The number of nitrogens with zero attached hydrogens (tertiary/aromatic N) is 4. The lowest BCUT2D eigenvalue weighted by atomic mass is 9.90. The third-order valence-electron chi connectivity index (χ3n) is 7.99. The van der Waals surface area contributed by atoms with Crippen LogP contribution in [0.5, 0.6) is 6.01 Å². The van der Waals surface area contributed by atoms with E-state index in [-0.39, 0.29) is 11.2 Å². The number of allylic oxidation sites excluding steroid dienone is 2. The highest BCUT2D eigenvalue weighted by Gasteiger charge is 2.60. The summed E-state index contributed by atoms with van der Waals surface area (Å²) in [4.78, 5) is 26.9. The van der Waals surface area contributed by atoms with Crippen molar-refractivity contribution >= 4 is 39.7 Å². The summed E-state index contributed by atoms with van der Waals surface area (Å²) in [5.41, 5.74) is 3.17. The van der Waals surface area contributed by atoms with Crippen molar-refractivity contribution in [2.45, 2.75) is 32.7 Å². The molecule has 2 unspecified atom stereocenters. The largest absolute Gasteiger partial charge is 0.467 e. The number of carbonyl (C=O) groups excluding carboxylic acids is 1. The molecule has 35 heavy (non-hydrogen) atoms. The summed E-state index contributed by atoms with van der Waals surface area (Å²) in [7, 11) is 1.62. The number of methoxy groups -OCH3 is 1. The number of fused-ring (bicyclic) bond motifs is 3. The molecule has 1 saturated carbocycles. The van der Waals surface area contributed by atoms with Gasteiger partial charge in [-0.1, -0.05) is 41.9 Å². The van der Waals surface area contributed by atoms with Crippen LogP contribution in [0.2, 0.25) is 5.02 Å². The van der Waals surface area contributed by atoms with Gasteiger partial charge >= 0.3 is 6.01 Å². The molecule has 2 fully saturated rings. The smallest absolute Gasteiger partial charge is 0.318 e. The molecule has 0 N–H and O–H groups in total. The van der Waals surface area contributed by atoms with E-state index >= 15 is 0 Å². The first-order chi connectivity index (χ1) is 17.0. The van der Waals surface area contributed by atoms with Crippen LogP contribution in [-0.2, 0) is 17.8 Å². The van der Waals surface area contributed by atoms with Crippen molar-refractivity contribution in [3.05, 3.63) is 64.8 Å². The number of hydrogen-bond acceptors (Lipinski definition) is 6. The van der Waals surface area contributed by atoms with Crippen LogP contribution in [0.1, 0.15) is 31.0 Å². The van der Waals surface area contributed by atoms with Crippen molar-refractivity contribution in [1.82, 2.24) is 9.97 Å². The van der Waals surface area contributed by atoms with E-state index in [1.54, 1.807) is 13.2 Å². The first-order valence-corrected chi connectivity index (χ1v) is 12.7. The fourth-order valence-electron chi connectivity index (χ4n) is 6.04. The molecule has 1 aliphatic carbocycles. The normalized spacial score (nSPS) is 23.3. The van der Waals surface area contributed by atoms with E-state index in [0.29, 0.717) is 18.5 Å². The van der Waals surface area contributed by atoms with Crippen LogP contribution in [0.4, 0.5) is 11.5 Å². The van der Waals surface area contributed by atoms with E-state index in [4.69, 9.17) is 26.3 Å². The molecule has 0 radical (unpaired) electrons. The molecule has 3 aliphatic rings. The van der Waals surface area contributed by atoms with E-state index in [1.165, 1.54) is 5.56 Å². The number of aromatic nitrogens is 2. The first kappa shape index (κ1) is 22.4. The number of anilines is 2. The average Bonchev–Trinajstić information content (AvgIpc) is 3.63. The lowest BCUT2D eigenvalue weighted by Gasteiger charge is -2.36. The Morgan fingerprint density at radius 3 is 2.77 bits per heavy atom. The van der Waals surface area contributed by atoms with Crippen molar-refractivity contribution in [2.75, 3.05) is 36.5 Å². The summed E-state index contributed by atoms with van der Waals surface area (Å²) in [5.74, 6) is 1.66. The minimum absolute atomic E-state index is 0.148. The molecule has 3 aromatic rings. The summed E-state index contributed by atoms with van der Waals surface area (Å²) < 4.78 is 5.52. The van der Waals surface area contributed by atoms with Crippen LogP contribution in [-0.4, -0.2) is 42.5 Å². The second kappa shape index (κ2) is 8.52. The fourth-order valence-corrected chi connectivity index (χ4v) is 6.32. The zero-order chi connectivity index (χ0) is 24.2. The van der Waals surface area contributed by atoms with Crippen molar-refractivity contribution < 1.29 is 9.53 Å². The second-order valence-corrected chi connectivity index (χ2v) is 10.3. The van der Waals surface area contributed by atoms with E-state index in [0.717, 1.165) is 71.9 Å². The molecule has 1 saturated heterocycles. The van der Waals surface area contributed by atoms with Gasteiger partial charge in [0.25, 0.3) is 0 Å². The first-order valence-electron chi connectivity index (χ1n) is 12.3. The molecule has 2 atom stereocenters. The predicted octanol–water partition coefficient (Wildman–Crippen LogP) is 5.22. The van der Waals surface area contributed by atoms with E-state index in [1.807, 2.05) is 25.1 Å². The van der Waals surface area contributed by atoms with E-state index in [2.05, 4.69) is 34.1 Å². The zero-order valence-electron chi connectivity index (χ0n) is 20.1. The van der Waals surface area contributed by atoms with Gasteiger partial charge in [0.05, 0.1) is 24.4 Å². The number of hydrogen-bond donors (Lipinski definition) is 0. The predicted molar refractivity (Wildman–Crippen MR) is 139 cm³/mol. The Morgan fingerprint density at radius 1 is 1.17 bits per heavy atom. The highest BCUT2D eigenvalue weighted by Crippen LogP contribution is 2.59. The fraction of sp³-hybridized carbons (Fsp3) is 0.393. The molecular weight excluding hydrogens is 460 g/mol. The number of ketones is 1.